The number of hydrogen-bond donors (Lipinski definition) is 3. The molecule has 0 aromatic heterocycles. The largest absolute Gasteiger partial charge is 0.480 e. The Bertz CT molecular complexity index is 417. The van der Waals surface area contributed by atoms with Crippen LogP contribution in [0.15, 0.2) is 0 Å². The van der Waals surface area contributed by atoms with Gasteiger partial charge >= 0.3 is 12.0 Å². The summed E-state index contributed by atoms with van der Waals surface area (Å²) in [5, 5.41) is 14.6. The Morgan fingerprint density at radius 2 is 1.91 bits per heavy atom. The van der Waals surface area contributed by atoms with Gasteiger partial charge in [0.15, 0.2) is 0 Å². The number of urea groups is 1. The first-order chi connectivity index (χ1) is 10.5. The molecular formula is C16H30N2O5. The Hall–Kier alpha value is -1.34. The lowest BCUT2D eigenvalue weighted by molar-refractivity contribution is -0.148. The maximum Gasteiger partial charge on any atom is 0.329 e. The number of rotatable bonds is 6. The molecule has 7 nitrogen and oxygen atoms in total. The predicted octanol–water partition coefficient (Wildman–Crippen LogP) is 1.76. The first-order valence-electron chi connectivity index (χ1n) is 7.98. The van der Waals surface area contributed by atoms with Crippen molar-refractivity contribution in [3.63, 3.8) is 0 Å². The van der Waals surface area contributed by atoms with Gasteiger partial charge in [-0.3, -0.25) is 0 Å². The number of nitrogens with one attached hydrogen (secondary N) is 2. The van der Waals surface area contributed by atoms with E-state index in [0.717, 1.165) is 6.42 Å². The highest BCUT2D eigenvalue weighted by Crippen LogP contribution is 2.26. The van der Waals surface area contributed by atoms with Crippen LogP contribution in [0.5, 0.6) is 0 Å². The van der Waals surface area contributed by atoms with Crippen molar-refractivity contribution in [2.45, 2.75) is 65.1 Å². The average molecular weight is 330 g/mol. The molecule has 1 heterocycles. The van der Waals surface area contributed by atoms with Crippen LogP contribution in [0.3, 0.4) is 0 Å². The van der Waals surface area contributed by atoms with Crippen molar-refractivity contribution in [3.05, 3.63) is 0 Å². The number of amides is 2. The molecule has 134 valence electrons. The maximum atomic E-state index is 12.3. The molecule has 0 unspecified atom stereocenters. The van der Waals surface area contributed by atoms with Gasteiger partial charge in [-0.05, 0) is 32.1 Å². The van der Waals surface area contributed by atoms with Gasteiger partial charge in [0.1, 0.15) is 12.7 Å². The van der Waals surface area contributed by atoms with E-state index in [1.54, 1.807) is 0 Å². The number of carboxylic acids is 1. The molecule has 0 bridgehead atoms. The Morgan fingerprint density at radius 1 is 1.26 bits per heavy atom. The van der Waals surface area contributed by atoms with E-state index in [-0.39, 0.29) is 29.6 Å². The molecule has 2 atom stereocenters. The first kappa shape index (κ1) is 19.7. The monoisotopic (exact) mass is 330 g/mol. The van der Waals surface area contributed by atoms with Crippen molar-refractivity contribution >= 4 is 12.0 Å². The number of carboxylic acid groups (broad SMARTS) is 1. The molecule has 1 aliphatic rings. The van der Waals surface area contributed by atoms with Crippen LogP contribution in [0.4, 0.5) is 4.79 Å². The van der Waals surface area contributed by atoms with Gasteiger partial charge in [-0.2, -0.15) is 0 Å². The van der Waals surface area contributed by atoms with E-state index >= 15 is 0 Å². The molecular weight excluding hydrogens is 300 g/mol. The zero-order chi connectivity index (χ0) is 17.7. The second-order valence-electron chi connectivity index (χ2n) is 7.93. The lowest BCUT2D eigenvalue weighted by Crippen LogP contribution is -2.57. The fraction of sp³-hybridized carbons (Fsp3) is 0.875. The quantitative estimate of drug-likeness (QED) is 0.689. The molecule has 0 spiro atoms. The maximum absolute atomic E-state index is 12.3. The van der Waals surface area contributed by atoms with Crippen molar-refractivity contribution in [1.29, 1.82) is 0 Å². The van der Waals surface area contributed by atoms with Gasteiger partial charge < -0.3 is 25.2 Å². The molecule has 1 aliphatic heterocycles. The molecule has 1 saturated heterocycles. The summed E-state index contributed by atoms with van der Waals surface area (Å²) in [7, 11) is 0. The molecule has 0 aliphatic carbocycles. The van der Waals surface area contributed by atoms with Crippen LogP contribution < -0.4 is 10.6 Å². The van der Waals surface area contributed by atoms with Crippen LogP contribution >= 0.6 is 0 Å². The summed E-state index contributed by atoms with van der Waals surface area (Å²) >= 11 is 0. The fourth-order valence-electron chi connectivity index (χ4n) is 3.10. The number of hydrogen-bond acceptors (Lipinski definition) is 4. The van der Waals surface area contributed by atoms with Gasteiger partial charge in [0.05, 0.1) is 12.6 Å². The second-order valence-corrected chi connectivity index (χ2v) is 7.93. The third-order valence-corrected chi connectivity index (χ3v) is 3.47. The standard InChI is InChI=1S/C16H30N2O5/c1-15(2,3)10-16(4,5)18-14(21)17-11-6-7-22-8-12(11)23-9-13(19)20/h11-12H,6-10H2,1-5H3,(H,19,20)(H2,17,18,21)/t11-,12-/m1/s1. The summed E-state index contributed by atoms with van der Waals surface area (Å²) in [6, 6.07) is -0.524. The number of aliphatic carboxylic acids is 1. The van der Waals surface area contributed by atoms with Crippen molar-refractivity contribution in [2.24, 2.45) is 5.41 Å². The summed E-state index contributed by atoms with van der Waals surface area (Å²) < 4.78 is 10.6. The smallest absolute Gasteiger partial charge is 0.329 e. The molecule has 7 heteroatoms. The molecule has 23 heavy (non-hydrogen) atoms. The fourth-order valence-corrected chi connectivity index (χ4v) is 3.10. The first-order valence-corrected chi connectivity index (χ1v) is 7.98. The van der Waals surface area contributed by atoms with E-state index in [1.165, 1.54) is 0 Å². The Balaban J connectivity index is 2.54. The van der Waals surface area contributed by atoms with Crippen LogP contribution in [0, 0.1) is 5.41 Å². The minimum atomic E-state index is -1.04. The Labute approximate surface area is 138 Å². The summed E-state index contributed by atoms with van der Waals surface area (Å²) in [5.41, 5.74) is -0.243. The number of carbonyl (C=O) groups excluding carboxylic acids is 1. The molecule has 0 radical (unpaired) electrons. The van der Waals surface area contributed by atoms with E-state index < -0.39 is 18.7 Å². The topological polar surface area (TPSA) is 96.9 Å². The summed E-state index contributed by atoms with van der Waals surface area (Å²) in [6.07, 6.45) is 0.980. The average Bonchev–Trinajstić information content (AvgIpc) is 2.33. The van der Waals surface area contributed by atoms with Gasteiger partial charge in [0.2, 0.25) is 0 Å². The Morgan fingerprint density at radius 3 is 2.48 bits per heavy atom. The normalized spacial score (nSPS) is 22.5. The lowest BCUT2D eigenvalue weighted by Gasteiger charge is -2.36. The van der Waals surface area contributed by atoms with Crippen molar-refractivity contribution < 1.29 is 24.2 Å². The van der Waals surface area contributed by atoms with E-state index in [4.69, 9.17) is 14.6 Å². The predicted molar refractivity (Wildman–Crippen MR) is 86.4 cm³/mol. The van der Waals surface area contributed by atoms with Gasteiger partial charge in [-0.15, -0.1) is 0 Å². The molecule has 3 N–H and O–H groups in total. The van der Waals surface area contributed by atoms with Crippen LogP contribution in [0.2, 0.25) is 0 Å². The number of carbonyl (C=O) groups is 2. The lowest BCUT2D eigenvalue weighted by atomic mass is 9.82. The van der Waals surface area contributed by atoms with Gasteiger partial charge in [0, 0.05) is 12.1 Å². The van der Waals surface area contributed by atoms with Gasteiger partial charge in [0.25, 0.3) is 0 Å². The van der Waals surface area contributed by atoms with E-state index in [2.05, 4.69) is 31.4 Å². The third-order valence-electron chi connectivity index (χ3n) is 3.47. The van der Waals surface area contributed by atoms with Gasteiger partial charge in [-0.1, -0.05) is 20.8 Å². The highest BCUT2D eigenvalue weighted by atomic mass is 16.5. The zero-order valence-corrected chi connectivity index (χ0v) is 14.8. The molecule has 1 rings (SSSR count). The summed E-state index contributed by atoms with van der Waals surface area (Å²) in [5.74, 6) is -1.04. The molecule has 0 saturated carbocycles. The molecule has 0 aromatic rings. The van der Waals surface area contributed by atoms with E-state index in [1.807, 2.05) is 13.8 Å². The van der Waals surface area contributed by atoms with Crippen LogP contribution in [-0.2, 0) is 14.3 Å². The third kappa shape index (κ3) is 8.18. The van der Waals surface area contributed by atoms with Crippen molar-refractivity contribution in [2.75, 3.05) is 19.8 Å². The van der Waals surface area contributed by atoms with Crippen LogP contribution in [0.1, 0.15) is 47.5 Å². The van der Waals surface area contributed by atoms with Crippen LogP contribution in [-0.4, -0.2) is 54.6 Å². The minimum absolute atomic E-state index is 0.0998. The van der Waals surface area contributed by atoms with Crippen molar-refractivity contribution in [3.8, 4) is 0 Å². The highest BCUT2D eigenvalue weighted by Gasteiger charge is 2.31. The summed E-state index contributed by atoms with van der Waals surface area (Å²) in [4.78, 5) is 22.9. The van der Waals surface area contributed by atoms with E-state index in [0.29, 0.717) is 13.0 Å². The van der Waals surface area contributed by atoms with Crippen molar-refractivity contribution in [1.82, 2.24) is 10.6 Å². The highest BCUT2D eigenvalue weighted by molar-refractivity contribution is 5.75. The summed E-state index contributed by atoms with van der Waals surface area (Å²) in [6.45, 7) is 10.8. The zero-order valence-electron chi connectivity index (χ0n) is 14.8. The van der Waals surface area contributed by atoms with Gasteiger partial charge in [-0.25, -0.2) is 9.59 Å². The number of ether oxygens (including phenoxy) is 2. The Kier molecular flexibility index (Phi) is 6.83. The minimum Gasteiger partial charge on any atom is -0.480 e. The molecule has 0 aromatic carbocycles. The second kappa shape index (κ2) is 7.97. The van der Waals surface area contributed by atoms with E-state index in [9.17, 15) is 9.59 Å². The van der Waals surface area contributed by atoms with Crippen LogP contribution in [0.25, 0.3) is 0 Å². The molecule has 2 amide bonds. The SMILES string of the molecule is CC(C)(C)CC(C)(C)NC(=O)N[C@@H]1CCOC[C@H]1OCC(=O)O. The molecule has 1 fully saturated rings.